The van der Waals surface area contributed by atoms with Gasteiger partial charge in [0.1, 0.15) is 5.75 Å². The largest absolute Gasteiger partial charge is 0.508 e. The Morgan fingerprint density at radius 3 is 2.50 bits per heavy atom. The number of hydrogen-bond donors (Lipinski definition) is 1. The first-order valence-corrected chi connectivity index (χ1v) is 3.98. The minimum absolute atomic E-state index is 0.247. The van der Waals surface area contributed by atoms with Crippen molar-refractivity contribution in [3.05, 3.63) is 29.8 Å². The van der Waals surface area contributed by atoms with E-state index in [1.54, 1.807) is 12.1 Å². The fraction of sp³-hybridized carbons (Fsp3) is 0.300. The monoisotopic (exact) mass is 159 g/mol. The van der Waals surface area contributed by atoms with Gasteiger partial charge in [-0.3, -0.25) is 0 Å². The van der Waals surface area contributed by atoms with E-state index in [1.807, 2.05) is 12.1 Å². The van der Waals surface area contributed by atoms with Crippen molar-refractivity contribution in [1.82, 2.24) is 0 Å². The third kappa shape index (κ3) is 0.868. The normalized spacial score (nSPS) is 18.2. The minimum Gasteiger partial charge on any atom is -0.508 e. The Morgan fingerprint density at radius 2 is 2.00 bits per heavy atom. The van der Waals surface area contributed by atoms with E-state index in [4.69, 9.17) is 5.26 Å². The third-order valence-electron chi connectivity index (χ3n) is 2.38. The summed E-state index contributed by atoms with van der Waals surface area (Å²) in [5.74, 6) is 0.247. The number of phenols is 1. The number of benzene rings is 1. The zero-order valence-corrected chi connectivity index (χ0v) is 6.62. The lowest BCUT2D eigenvalue weighted by Crippen LogP contribution is -2.01. The van der Waals surface area contributed by atoms with E-state index in [0.717, 1.165) is 18.4 Å². The molecule has 2 heteroatoms. The molecule has 0 unspecified atom stereocenters. The Kier molecular flexibility index (Phi) is 1.34. The molecule has 0 radical (unpaired) electrons. The maximum Gasteiger partial charge on any atom is 0.120 e. The summed E-state index contributed by atoms with van der Waals surface area (Å²) in [6.07, 6.45) is 1.75. The Balaban J connectivity index is 2.48. The van der Waals surface area contributed by atoms with Crippen LogP contribution in [0.3, 0.4) is 0 Å². The van der Waals surface area contributed by atoms with Crippen LogP contribution < -0.4 is 0 Å². The first-order valence-electron chi connectivity index (χ1n) is 3.98. The molecule has 0 saturated heterocycles. The molecule has 1 aliphatic carbocycles. The van der Waals surface area contributed by atoms with Gasteiger partial charge in [0.25, 0.3) is 0 Å². The lowest BCUT2D eigenvalue weighted by molar-refractivity contribution is 0.465. The Morgan fingerprint density at radius 1 is 1.33 bits per heavy atom. The van der Waals surface area contributed by atoms with Gasteiger partial charge >= 0.3 is 0 Å². The Bertz CT molecular complexity index is 347. The molecule has 60 valence electrons. The SMILES string of the molecule is N#CC1(c2ccccc2O)CC1. The molecular weight excluding hydrogens is 150 g/mol. The van der Waals surface area contributed by atoms with E-state index < -0.39 is 0 Å². The summed E-state index contributed by atoms with van der Waals surface area (Å²) < 4.78 is 0. The van der Waals surface area contributed by atoms with E-state index >= 15 is 0 Å². The molecular formula is C10H9NO. The zero-order chi connectivity index (χ0) is 8.60. The van der Waals surface area contributed by atoms with Gasteiger partial charge in [0.05, 0.1) is 11.5 Å². The maximum atomic E-state index is 9.47. The summed E-state index contributed by atoms with van der Waals surface area (Å²) in [5, 5.41) is 18.3. The van der Waals surface area contributed by atoms with Crippen LogP contribution >= 0.6 is 0 Å². The van der Waals surface area contributed by atoms with Gasteiger partial charge in [-0.25, -0.2) is 0 Å². The van der Waals surface area contributed by atoms with E-state index in [-0.39, 0.29) is 11.2 Å². The highest BCUT2D eigenvalue weighted by Crippen LogP contribution is 2.50. The predicted octanol–water partition coefficient (Wildman–Crippen LogP) is 1.95. The average molecular weight is 159 g/mol. The Hall–Kier alpha value is -1.49. The lowest BCUT2D eigenvalue weighted by atomic mass is 9.97. The zero-order valence-electron chi connectivity index (χ0n) is 6.62. The van der Waals surface area contributed by atoms with Gasteiger partial charge in [-0.2, -0.15) is 5.26 Å². The second kappa shape index (κ2) is 2.25. The number of nitrogens with zero attached hydrogens (tertiary/aromatic N) is 1. The van der Waals surface area contributed by atoms with Gasteiger partial charge in [-0.15, -0.1) is 0 Å². The molecule has 0 bridgehead atoms. The van der Waals surface area contributed by atoms with Gasteiger partial charge in [-0.1, -0.05) is 18.2 Å². The standard InChI is InChI=1S/C10H9NO/c11-7-10(5-6-10)8-3-1-2-4-9(8)12/h1-4,12H,5-6H2. The number of aromatic hydroxyl groups is 1. The van der Waals surface area contributed by atoms with Crippen LogP contribution in [0.1, 0.15) is 18.4 Å². The topological polar surface area (TPSA) is 44.0 Å². The van der Waals surface area contributed by atoms with Gasteiger partial charge in [0, 0.05) is 5.56 Å². The van der Waals surface area contributed by atoms with Crippen LogP contribution in [0, 0.1) is 11.3 Å². The summed E-state index contributed by atoms with van der Waals surface area (Å²) in [7, 11) is 0. The Labute approximate surface area is 71.1 Å². The molecule has 2 rings (SSSR count). The molecule has 1 aromatic carbocycles. The molecule has 0 aliphatic heterocycles. The van der Waals surface area contributed by atoms with Crippen LogP contribution in [0.15, 0.2) is 24.3 Å². The summed E-state index contributed by atoms with van der Waals surface area (Å²) in [6, 6.07) is 9.33. The molecule has 1 N–H and O–H groups in total. The van der Waals surface area contributed by atoms with Gasteiger partial charge in [0.2, 0.25) is 0 Å². The summed E-state index contributed by atoms with van der Waals surface area (Å²) >= 11 is 0. The highest BCUT2D eigenvalue weighted by molar-refractivity contribution is 5.46. The van der Waals surface area contributed by atoms with Crippen LogP contribution in [0.4, 0.5) is 0 Å². The van der Waals surface area contributed by atoms with Crippen molar-refractivity contribution in [2.45, 2.75) is 18.3 Å². The van der Waals surface area contributed by atoms with Gasteiger partial charge in [-0.05, 0) is 18.9 Å². The van der Waals surface area contributed by atoms with Crippen molar-refractivity contribution in [2.24, 2.45) is 0 Å². The van der Waals surface area contributed by atoms with Crippen LogP contribution in [0.25, 0.3) is 0 Å². The summed E-state index contributed by atoms with van der Waals surface area (Å²) in [4.78, 5) is 0. The number of rotatable bonds is 1. The fourth-order valence-electron chi connectivity index (χ4n) is 1.44. The second-order valence-corrected chi connectivity index (χ2v) is 3.21. The second-order valence-electron chi connectivity index (χ2n) is 3.21. The van der Waals surface area contributed by atoms with E-state index in [0.29, 0.717) is 0 Å². The lowest BCUT2D eigenvalue weighted by Gasteiger charge is -2.06. The molecule has 0 spiro atoms. The van der Waals surface area contributed by atoms with E-state index in [1.165, 1.54) is 0 Å². The van der Waals surface area contributed by atoms with Crippen LogP contribution in [-0.2, 0) is 5.41 Å². The molecule has 0 atom stereocenters. The smallest absolute Gasteiger partial charge is 0.120 e. The molecule has 1 fully saturated rings. The average Bonchev–Trinajstić information content (AvgIpc) is 2.86. The van der Waals surface area contributed by atoms with Crippen LogP contribution in [0.5, 0.6) is 5.75 Å². The van der Waals surface area contributed by atoms with E-state index in [2.05, 4.69) is 6.07 Å². The quantitative estimate of drug-likeness (QED) is 0.680. The first-order chi connectivity index (χ1) is 5.78. The molecule has 1 aliphatic rings. The molecule has 0 aromatic heterocycles. The molecule has 0 heterocycles. The van der Waals surface area contributed by atoms with Gasteiger partial charge < -0.3 is 5.11 Å². The van der Waals surface area contributed by atoms with Crippen molar-refractivity contribution in [3.63, 3.8) is 0 Å². The van der Waals surface area contributed by atoms with Crippen LogP contribution in [0.2, 0.25) is 0 Å². The summed E-state index contributed by atoms with van der Waals surface area (Å²) in [5.41, 5.74) is 0.415. The number of hydrogen-bond acceptors (Lipinski definition) is 2. The van der Waals surface area contributed by atoms with Crippen molar-refractivity contribution < 1.29 is 5.11 Å². The molecule has 2 nitrogen and oxygen atoms in total. The minimum atomic E-state index is -0.370. The first kappa shape index (κ1) is 7.17. The van der Waals surface area contributed by atoms with Crippen LogP contribution in [-0.4, -0.2) is 5.11 Å². The third-order valence-corrected chi connectivity index (χ3v) is 2.38. The predicted molar refractivity (Wildman–Crippen MR) is 44.6 cm³/mol. The molecule has 1 aromatic rings. The fourth-order valence-corrected chi connectivity index (χ4v) is 1.44. The number of phenolic OH excluding ortho intramolecular Hbond substituents is 1. The van der Waals surface area contributed by atoms with Crippen molar-refractivity contribution >= 4 is 0 Å². The van der Waals surface area contributed by atoms with Crippen molar-refractivity contribution in [1.29, 1.82) is 5.26 Å². The number of nitriles is 1. The van der Waals surface area contributed by atoms with Crippen molar-refractivity contribution in [3.8, 4) is 11.8 Å². The van der Waals surface area contributed by atoms with E-state index in [9.17, 15) is 5.11 Å². The van der Waals surface area contributed by atoms with Crippen molar-refractivity contribution in [2.75, 3.05) is 0 Å². The highest BCUT2D eigenvalue weighted by Gasteiger charge is 2.46. The maximum absolute atomic E-state index is 9.47. The molecule has 1 saturated carbocycles. The summed E-state index contributed by atoms with van der Waals surface area (Å²) in [6.45, 7) is 0. The molecule has 12 heavy (non-hydrogen) atoms. The number of para-hydroxylation sites is 1. The highest BCUT2D eigenvalue weighted by atomic mass is 16.3. The molecule has 0 amide bonds. The van der Waals surface area contributed by atoms with Gasteiger partial charge in [0.15, 0.2) is 0 Å².